The van der Waals surface area contributed by atoms with Gasteiger partial charge in [0.05, 0.1) is 0 Å². The molecule has 1 fully saturated rings. The Morgan fingerprint density at radius 1 is 1.37 bits per heavy atom. The van der Waals surface area contributed by atoms with E-state index in [9.17, 15) is 4.79 Å². The highest BCUT2D eigenvalue weighted by atomic mass is 16.2. The van der Waals surface area contributed by atoms with Gasteiger partial charge in [0.1, 0.15) is 5.54 Å². The van der Waals surface area contributed by atoms with Crippen molar-refractivity contribution in [3.8, 4) is 0 Å². The van der Waals surface area contributed by atoms with Crippen molar-refractivity contribution < 1.29 is 4.79 Å². The number of piperazine rings is 1. The molecule has 1 aromatic rings. The van der Waals surface area contributed by atoms with Crippen LogP contribution in [0.5, 0.6) is 0 Å². The van der Waals surface area contributed by atoms with E-state index in [1.54, 1.807) is 0 Å². The molecule has 1 aromatic carbocycles. The van der Waals surface area contributed by atoms with Gasteiger partial charge in [0.25, 0.3) is 0 Å². The van der Waals surface area contributed by atoms with Crippen molar-refractivity contribution in [3.05, 3.63) is 35.4 Å². The molecule has 1 aliphatic heterocycles. The molecule has 1 saturated heterocycles. The van der Waals surface area contributed by atoms with Gasteiger partial charge in [0.15, 0.2) is 0 Å². The van der Waals surface area contributed by atoms with Gasteiger partial charge >= 0.3 is 0 Å². The highest BCUT2D eigenvalue weighted by molar-refractivity contribution is 5.88. The molecular formula is C15H21N3O. The standard InChI is InChI=1S/C15H21N3O/c1-11-10-18(7-6-17-11)14(19)15(16)8-12-4-2-3-5-13(12)9-15/h2-5,11,17H,6-10,16H2,1H3/t11-/m0/s1. The van der Waals surface area contributed by atoms with Crippen LogP contribution in [0.1, 0.15) is 18.1 Å². The van der Waals surface area contributed by atoms with E-state index in [1.165, 1.54) is 11.1 Å². The molecule has 4 nitrogen and oxygen atoms in total. The predicted octanol–water partition coefficient (Wildman–Crippen LogP) is 0.303. The third kappa shape index (κ3) is 2.26. The third-order valence-corrected chi connectivity index (χ3v) is 4.21. The van der Waals surface area contributed by atoms with Crippen molar-refractivity contribution >= 4 is 5.91 Å². The van der Waals surface area contributed by atoms with Gasteiger partial charge in [-0.3, -0.25) is 4.79 Å². The molecule has 0 bridgehead atoms. The first kappa shape index (κ1) is 12.6. The first-order valence-electron chi connectivity index (χ1n) is 6.97. The Labute approximate surface area is 114 Å². The summed E-state index contributed by atoms with van der Waals surface area (Å²) in [5.41, 5.74) is 8.13. The maximum absolute atomic E-state index is 12.7. The van der Waals surface area contributed by atoms with Crippen molar-refractivity contribution in [2.45, 2.75) is 31.3 Å². The molecule has 0 spiro atoms. The third-order valence-electron chi connectivity index (χ3n) is 4.21. The second-order valence-electron chi connectivity index (χ2n) is 5.88. The molecule has 3 rings (SSSR count). The van der Waals surface area contributed by atoms with Crippen LogP contribution in [0, 0.1) is 0 Å². The Kier molecular flexibility index (Phi) is 3.07. The van der Waals surface area contributed by atoms with Crippen LogP contribution in [0.25, 0.3) is 0 Å². The zero-order chi connectivity index (χ0) is 13.5. The number of hydrogen-bond acceptors (Lipinski definition) is 3. The highest BCUT2D eigenvalue weighted by Crippen LogP contribution is 2.29. The van der Waals surface area contributed by atoms with E-state index in [0.717, 1.165) is 19.6 Å². The van der Waals surface area contributed by atoms with Crippen LogP contribution in [0.2, 0.25) is 0 Å². The zero-order valence-electron chi connectivity index (χ0n) is 11.4. The summed E-state index contributed by atoms with van der Waals surface area (Å²) in [5, 5.41) is 3.35. The summed E-state index contributed by atoms with van der Waals surface area (Å²) < 4.78 is 0. The molecule has 0 radical (unpaired) electrons. The Morgan fingerprint density at radius 2 is 2.00 bits per heavy atom. The zero-order valence-corrected chi connectivity index (χ0v) is 11.4. The first-order valence-corrected chi connectivity index (χ1v) is 6.97. The van der Waals surface area contributed by atoms with Gasteiger partial charge in [-0.15, -0.1) is 0 Å². The molecule has 0 aromatic heterocycles. The van der Waals surface area contributed by atoms with E-state index in [-0.39, 0.29) is 5.91 Å². The topological polar surface area (TPSA) is 58.4 Å². The van der Waals surface area contributed by atoms with Crippen LogP contribution in [-0.2, 0) is 17.6 Å². The first-order chi connectivity index (χ1) is 9.08. The number of rotatable bonds is 1. The van der Waals surface area contributed by atoms with Crippen molar-refractivity contribution in [2.24, 2.45) is 5.73 Å². The van der Waals surface area contributed by atoms with Crippen LogP contribution in [0.15, 0.2) is 24.3 Å². The van der Waals surface area contributed by atoms with Gasteiger partial charge in [0, 0.05) is 25.7 Å². The fourth-order valence-electron chi connectivity index (χ4n) is 3.23. The molecule has 0 saturated carbocycles. The largest absolute Gasteiger partial charge is 0.338 e. The predicted molar refractivity (Wildman–Crippen MR) is 74.8 cm³/mol. The van der Waals surface area contributed by atoms with E-state index in [1.807, 2.05) is 17.0 Å². The van der Waals surface area contributed by atoms with Crippen LogP contribution in [-0.4, -0.2) is 42.0 Å². The minimum absolute atomic E-state index is 0.108. The van der Waals surface area contributed by atoms with E-state index in [2.05, 4.69) is 24.4 Å². The van der Waals surface area contributed by atoms with E-state index < -0.39 is 5.54 Å². The van der Waals surface area contributed by atoms with Gasteiger partial charge < -0.3 is 16.0 Å². The number of nitrogens with zero attached hydrogens (tertiary/aromatic N) is 1. The molecule has 1 amide bonds. The average molecular weight is 259 g/mol. The van der Waals surface area contributed by atoms with Crippen molar-refractivity contribution in [3.63, 3.8) is 0 Å². The highest BCUT2D eigenvalue weighted by Gasteiger charge is 2.43. The minimum Gasteiger partial charge on any atom is -0.338 e. The Morgan fingerprint density at radius 3 is 2.58 bits per heavy atom. The Hall–Kier alpha value is -1.39. The normalized spacial score (nSPS) is 25.2. The molecular weight excluding hydrogens is 238 g/mol. The summed E-state index contributed by atoms with van der Waals surface area (Å²) in [6.45, 7) is 4.48. The molecule has 19 heavy (non-hydrogen) atoms. The smallest absolute Gasteiger partial charge is 0.243 e. The fourth-order valence-corrected chi connectivity index (χ4v) is 3.23. The number of nitrogens with one attached hydrogen (secondary N) is 1. The van der Waals surface area contributed by atoms with Gasteiger partial charge in [-0.05, 0) is 30.9 Å². The molecule has 2 aliphatic rings. The lowest BCUT2D eigenvalue weighted by Crippen LogP contribution is -2.61. The van der Waals surface area contributed by atoms with E-state index in [0.29, 0.717) is 18.9 Å². The molecule has 1 heterocycles. The second-order valence-corrected chi connectivity index (χ2v) is 5.88. The maximum Gasteiger partial charge on any atom is 0.243 e. The minimum atomic E-state index is -0.735. The summed E-state index contributed by atoms with van der Waals surface area (Å²) in [5.74, 6) is 0.108. The lowest BCUT2D eigenvalue weighted by Gasteiger charge is -2.37. The Balaban J connectivity index is 1.77. The number of carbonyl (C=O) groups excluding carboxylic acids is 1. The number of fused-ring (bicyclic) bond motifs is 1. The lowest BCUT2D eigenvalue weighted by molar-refractivity contribution is -0.137. The molecule has 102 valence electrons. The number of hydrogen-bond donors (Lipinski definition) is 2. The van der Waals surface area contributed by atoms with Crippen LogP contribution < -0.4 is 11.1 Å². The number of nitrogens with two attached hydrogens (primary N) is 1. The summed E-state index contributed by atoms with van der Waals surface area (Å²) in [4.78, 5) is 14.6. The molecule has 1 atom stereocenters. The van der Waals surface area contributed by atoms with Crippen LogP contribution in [0.4, 0.5) is 0 Å². The van der Waals surface area contributed by atoms with E-state index >= 15 is 0 Å². The average Bonchev–Trinajstić information content (AvgIpc) is 2.75. The second kappa shape index (κ2) is 4.62. The number of amides is 1. The van der Waals surface area contributed by atoms with Gasteiger partial charge in [-0.2, -0.15) is 0 Å². The summed E-state index contributed by atoms with van der Waals surface area (Å²) in [6, 6.07) is 8.55. The van der Waals surface area contributed by atoms with Crippen molar-refractivity contribution in [1.29, 1.82) is 0 Å². The molecule has 4 heteroatoms. The quantitative estimate of drug-likeness (QED) is 0.763. The van der Waals surface area contributed by atoms with Crippen LogP contribution >= 0.6 is 0 Å². The number of carbonyl (C=O) groups is 1. The SMILES string of the molecule is C[C@H]1CN(C(=O)C2(N)Cc3ccccc3C2)CCN1. The van der Waals surface area contributed by atoms with Gasteiger partial charge in [-0.25, -0.2) is 0 Å². The number of benzene rings is 1. The van der Waals surface area contributed by atoms with Crippen LogP contribution in [0.3, 0.4) is 0 Å². The summed E-state index contributed by atoms with van der Waals surface area (Å²) >= 11 is 0. The van der Waals surface area contributed by atoms with Crippen molar-refractivity contribution in [2.75, 3.05) is 19.6 Å². The maximum atomic E-state index is 12.7. The fraction of sp³-hybridized carbons (Fsp3) is 0.533. The van der Waals surface area contributed by atoms with Gasteiger partial charge in [-0.1, -0.05) is 24.3 Å². The monoisotopic (exact) mass is 259 g/mol. The van der Waals surface area contributed by atoms with E-state index in [4.69, 9.17) is 5.73 Å². The molecule has 1 aliphatic carbocycles. The Bertz CT molecular complexity index is 475. The van der Waals surface area contributed by atoms with Gasteiger partial charge in [0.2, 0.25) is 5.91 Å². The summed E-state index contributed by atoms with van der Waals surface area (Å²) in [6.07, 6.45) is 1.33. The summed E-state index contributed by atoms with van der Waals surface area (Å²) in [7, 11) is 0. The van der Waals surface area contributed by atoms with Crippen molar-refractivity contribution in [1.82, 2.24) is 10.2 Å². The lowest BCUT2D eigenvalue weighted by atomic mass is 9.94. The molecule has 3 N–H and O–H groups in total. The molecule has 0 unspecified atom stereocenters.